The summed E-state index contributed by atoms with van der Waals surface area (Å²) in [5.41, 5.74) is 2.07. The molecule has 0 radical (unpaired) electrons. The van der Waals surface area contributed by atoms with Crippen LogP contribution in [0.1, 0.15) is 32.1 Å². The van der Waals surface area contributed by atoms with Gasteiger partial charge in [-0.2, -0.15) is 4.98 Å². The summed E-state index contributed by atoms with van der Waals surface area (Å²) in [6.45, 7) is 8.83. The van der Waals surface area contributed by atoms with E-state index < -0.39 is 0 Å². The summed E-state index contributed by atoms with van der Waals surface area (Å²) in [6.07, 6.45) is 13.9. The summed E-state index contributed by atoms with van der Waals surface area (Å²) in [5, 5.41) is 9.33. The number of allylic oxidation sites excluding steroid dienone is 3. The van der Waals surface area contributed by atoms with E-state index in [2.05, 4.69) is 40.4 Å². The van der Waals surface area contributed by atoms with E-state index in [1.54, 1.807) is 6.33 Å². The van der Waals surface area contributed by atoms with Gasteiger partial charge in [-0.05, 0) is 43.0 Å². The lowest BCUT2D eigenvalue weighted by Crippen LogP contribution is -2.30. The van der Waals surface area contributed by atoms with E-state index in [0.29, 0.717) is 11.7 Å². The van der Waals surface area contributed by atoms with E-state index in [4.69, 9.17) is 4.98 Å². The third-order valence-corrected chi connectivity index (χ3v) is 5.37. The predicted octanol–water partition coefficient (Wildman–Crippen LogP) is 4.92. The van der Waals surface area contributed by atoms with Crippen LogP contribution in [-0.2, 0) is 0 Å². The van der Waals surface area contributed by atoms with E-state index in [1.165, 1.54) is 32.1 Å². The average Bonchev–Trinajstić information content (AvgIpc) is 3.20. The zero-order valence-electron chi connectivity index (χ0n) is 15.6. The molecule has 1 aromatic carbocycles. The molecule has 2 heterocycles. The van der Waals surface area contributed by atoms with Gasteiger partial charge >= 0.3 is 0 Å². The summed E-state index contributed by atoms with van der Waals surface area (Å²) in [5.74, 6) is 2.17. The molecule has 2 aromatic heterocycles. The smallest absolute Gasteiger partial charge is 0.257 e. The second-order valence-electron chi connectivity index (χ2n) is 7.10. The number of nitrogens with zero attached hydrogens (tertiary/aromatic N) is 5. The lowest BCUT2D eigenvalue weighted by Gasteiger charge is -2.32. The Labute approximate surface area is 159 Å². The summed E-state index contributed by atoms with van der Waals surface area (Å²) in [4.78, 5) is 7.15. The standard InChI is InChI=1S/C22H25N5/c1-3-10-18(4-2)26(15-17-11-6-5-7-12-17)21-19-13-8-9-14-20(19)27-16-23-25-22(27)24-21/h3-4,8-10,13-14,16-17H,1-2,5-7,11-12,15H2/b18-10+. The van der Waals surface area contributed by atoms with Gasteiger partial charge in [0.1, 0.15) is 12.1 Å². The number of hydrogen-bond donors (Lipinski definition) is 0. The minimum atomic E-state index is 0.611. The van der Waals surface area contributed by atoms with Gasteiger partial charge in [0.15, 0.2) is 0 Å². The fourth-order valence-electron chi connectivity index (χ4n) is 4.04. The van der Waals surface area contributed by atoms with Gasteiger partial charge in [-0.15, -0.1) is 10.2 Å². The molecule has 27 heavy (non-hydrogen) atoms. The lowest BCUT2D eigenvalue weighted by molar-refractivity contribution is 0.363. The van der Waals surface area contributed by atoms with Gasteiger partial charge < -0.3 is 4.90 Å². The number of rotatable bonds is 6. The van der Waals surface area contributed by atoms with Crippen LogP contribution in [0.2, 0.25) is 0 Å². The van der Waals surface area contributed by atoms with Crippen molar-refractivity contribution in [2.75, 3.05) is 11.4 Å². The normalized spacial score (nSPS) is 15.9. The number of hydrogen-bond acceptors (Lipinski definition) is 4. The molecule has 3 aromatic rings. The zero-order valence-corrected chi connectivity index (χ0v) is 15.6. The van der Waals surface area contributed by atoms with Gasteiger partial charge in [0.25, 0.3) is 5.78 Å². The van der Waals surface area contributed by atoms with Gasteiger partial charge in [0, 0.05) is 17.6 Å². The van der Waals surface area contributed by atoms with Gasteiger partial charge in [-0.25, -0.2) is 0 Å². The SMILES string of the molecule is C=C/C=C(\C=C)N(CC1CCCCC1)c1nc2nncn2c2ccccc12. The van der Waals surface area contributed by atoms with Gasteiger partial charge in [-0.3, -0.25) is 4.40 Å². The molecule has 5 nitrogen and oxygen atoms in total. The molecule has 0 N–H and O–H groups in total. The molecule has 0 atom stereocenters. The molecule has 1 aliphatic carbocycles. The molecule has 0 spiro atoms. The van der Waals surface area contributed by atoms with Crippen molar-refractivity contribution in [3.8, 4) is 0 Å². The van der Waals surface area contributed by atoms with Crippen LogP contribution in [0, 0.1) is 5.92 Å². The van der Waals surface area contributed by atoms with E-state index in [1.807, 2.05) is 34.8 Å². The van der Waals surface area contributed by atoms with E-state index in [9.17, 15) is 0 Å². The van der Waals surface area contributed by atoms with Crippen molar-refractivity contribution in [3.05, 3.63) is 67.7 Å². The second kappa shape index (κ2) is 7.74. The highest BCUT2D eigenvalue weighted by Gasteiger charge is 2.22. The van der Waals surface area contributed by atoms with Crippen molar-refractivity contribution in [2.45, 2.75) is 32.1 Å². The first-order valence-electron chi connectivity index (χ1n) is 9.63. The van der Waals surface area contributed by atoms with Crippen LogP contribution in [0.5, 0.6) is 0 Å². The molecule has 4 rings (SSSR count). The first-order valence-corrected chi connectivity index (χ1v) is 9.63. The molecule has 0 saturated heterocycles. The Morgan fingerprint density at radius 1 is 1.19 bits per heavy atom. The third-order valence-electron chi connectivity index (χ3n) is 5.37. The van der Waals surface area contributed by atoms with Crippen LogP contribution in [0.25, 0.3) is 16.7 Å². The van der Waals surface area contributed by atoms with Crippen LogP contribution < -0.4 is 4.90 Å². The van der Waals surface area contributed by atoms with Crippen LogP contribution >= 0.6 is 0 Å². The van der Waals surface area contributed by atoms with E-state index >= 15 is 0 Å². The topological polar surface area (TPSA) is 46.3 Å². The number of para-hydroxylation sites is 1. The van der Waals surface area contributed by atoms with Crippen molar-refractivity contribution < 1.29 is 0 Å². The van der Waals surface area contributed by atoms with Crippen molar-refractivity contribution in [3.63, 3.8) is 0 Å². The van der Waals surface area contributed by atoms with E-state index in [0.717, 1.165) is 29.0 Å². The molecular weight excluding hydrogens is 334 g/mol. The summed E-state index contributed by atoms with van der Waals surface area (Å²) in [7, 11) is 0. The largest absolute Gasteiger partial charge is 0.325 e. The molecule has 1 aliphatic rings. The van der Waals surface area contributed by atoms with Crippen LogP contribution in [-0.4, -0.2) is 26.1 Å². The van der Waals surface area contributed by atoms with Crippen LogP contribution in [0.3, 0.4) is 0 Å². The average molecular weight is 359 g/mol. The molecule has 1 saturated carbocycles. The maximum atomic E-state index is 4.87. The van der Waals surface area contributed by atoms with Gasteiger partial charge in [-0.1, -0.05) is 50.6 Å². The van der Waals surface area contributed by atoms with Crippen molar-refractivity contribution in [1.29, 1.82) is 0 Å². The first-order chi connectivity index (χ1) is 13.3. The Kier molecular flexibility index (Phi) is 5.01. The molecule has 0 bridgehead atoms. The summed E-state index contributed by atoms with van der Waals surface area (Å²) < 4.78 is 1.93. The fourth-order valence-corrected chi connectivity index (χ4v) is 4.04. The Balaban J connectivity index is 1.88. The zero-order chi connectivity index (χ0) is 18.6. The predicted molar refractivity (Wildman–Crippen MR) is 111 cm³/mol. The Hall–Kier alpha value is -2.95. The number of aromatic nitrogens is 4. The maximum Gasteiger partial charge on any atom is 0.257 e. The Morgan fingerprint density at radius 3 is 2.78 bits per heavy atom. The quantitative estimate of drug-likeness (QED) is 0.586. The fraction of sp³-hybridized carbons (Fsp3) is 0.318. The molecule has 5 heteroatoms. The highest BCUT2D eigenvalue weighted by molar-refractivity contribution is 5.92. The summed E-state index contributed by atoms with van der Waals surface area (Å²) in [6, 6.07) is 8.28. The molecule has 0 unspecified atom stereocenters. The van der Waals surface area contributed by atoms with Crippen molar-refractivity contribution in [1.82, 2.24) is 19.6 Å². The molecule has 138 valence electrons. The summed E-state index contributed by atoms with van der Waals surface area (Å²) >= 11 is 0. The Bertz CT molecular complexity index is 994. The van der Waals surface area contributed by atoms with Crippen molar-refractivity contribution >= 4 is 22.5 Å². The minimum Gasteiger partial charge on any atom is -0.325 e. The van der Waals surface area contributed by atoms with Crippen LogP contribution in [0.15, 0.2) is 67.7 Å². The Morgan fingerprint density at radius 2 is 2.00 bits per heavy atom. The molecule has 0 amide bonds. The highest BCUT2D eigenvalue weighted by atomic mass is 15.3. The number of anilines is 1. The lowest BCUT2D eigenvalue weighted by atomic mass is 9.88. The molecular formula is C22H25N5. The maximum absolute atomic E-state index is 4.87. The monoisotopic (exact) mass is 359 g/mol. The molecule has 1 fully saturated rings. The second-order valence-corrected chi connectivity index (χ2v) is 7.10. The minimum absolute atomic E-state index is 0.611. The number of fused-ring (bicyclic) bond motifs is 3. The third kappa shape index (κ3) is 3.37. The number of benzene rings is 1. The van der Waals surface area contributed by atoms with Crippen LogP contribution in [0.4, 0.5) is 5.82 Å². The highest BCUT2D eigenvalue weighted by Crippen LogP contribution is 2.32. The van der Waals surface area contributed by atoms with E-state index in [-0.39, 0.29) is 0 Å². The first kappa shape index (κ1) is 17.5. The van der Waals surface area contributed by atoms with Gasteiger partial charge in [0.05, 0.1) is 5.52 Å². The van der Waals surface area contributed by atoms with Crippen molar-refractivity contribution in [2.24, 2.45) is 5.92 Å². The molecule has 0 aliphatic heterocycles. The van der Waals surface area contributed by atoms with Gasteiger partial charge in [0.2, 0.25) is 0 Å².